The molecule has 2 N–H and O–H groups in total. The van der Waals surface area contributed by atoms with Gasteiger partial charge >= 0.3 is 0 Å². The van der Waals surface area contributed by atoms with Crippen molar-refractivity contribution in [1.29, 1.82) is 0 Å². The van der Waals surface area contributed by atoms with Gasteiger partial charge < -0.3 is 10.5 Å². The molecule has 0 heterocycles. The van der Waals surface area contributed by atoms with Gasteiger partial charge in [0.05, 0.1) is 6.10 Å². The van der Waals surface area contributed by atoms with E-state index in [0.717, 1.165) is 19.7 Å². The summed E-state index contributed by atoms with van der Waals surface area (Å²) in [5, 5.41) is 0. The van der Waals surface area contributed by atoms with Crippen LogP contribution in [0.3, 0.4) is 0 Å². The largest absolute Gasteiger partial charge is 0.376 e. The third kappa shape index (κ3) is 7.20. The Bertz CT molecular complexity index is 151. The van der Waals surface area contributed by atoms with Crippen molar-refractivity contribution in [1.82, 2.24) is 4.90 Å². The first-order valence-corrected chi connectivity index (χ1v) is 6.71. The molecule has 0 aliphatic carbocycles. The van der Waals surface area contributed by atoms with E-state index in [9.17, 15) is 0 Å². The van der Waals surface area contributed by atoms with Gasteiger partial charge in [0.15, 0.2) is 0 Å². The average Bonchev–Trinajstić information content (AvgIpc) is 2.26. The van der Waals surface area contributed by atoms with Crippen molar-refractivity contribution in [3.05, 3.63) is 0 Å². The number of rotatable bonds is 10. The van der Waals surface area contributed by atoms with Crippen LogP contribution in [-0.2, 0) is 4.74 Å². The predicted octanol–water partition coefficient (Wildman–Crippen LogP) is 2.25. The molecule has 0 radical (unpaired) electrons. The maximum absolute atomic E-state index is 5.71. The molecule has 0 aromatic heterocycles. The molecule has 98 valence electrons. The number of hydrogen-bond acceptors (Lipinski definition) is 3. The molecule has 0 aliphatic rings. The molecule has 3 heteroatoms. The molecule has 1 atom stereocenters. The Hall–Kier alpha value is -0.120. The molecule has 0 spiro atoms. The summed E-state index contributed by atoms with van der Waals surface area (Å²) in [5.74, 6) is 0. The van der Waals surface area contributed by atoms with Crippen molar-refractivity contribution in [3.8, 4) is 0 Å². The van der Waals surface area contributed by atoms with Gasteiger partial charge in [0.1, 0.15) is 0 Å². The fourth-order valence-electron chi connectivity index (χ4n) is 1.82. The zero-order chi connectivity index (χ0) is 12.4. The van der Waals surface area contributed by atoms with E-state index in [4.69, 9.17) is 10.5 Å². The number of ether oxygens (including phenoxy) is 1. The highest BCUT2D eigenvalue weighted by atomic mass is 16.5. The highest BCUT2D eigenvalue weighted by Gasteiger charge is 2.15. The zero-order valence-corrected chi connectivity index (χ0v) is 11.5. The van der Waals surface area contributed by atoms with Crippen LogP contribution in [0.25, 0.3) is 0 Å². The second-order valence-electron chi connectivity index (χ2n) is 4.61. The smallest absolute Gasteiger partial charge is 0.0823 e. The van der Waals surface area contributed by atoms with E-state index in [1.54, 1.807) is 0 Å². The average molecular weight is 230 g/mol. The topological polar surface area (TPSA) is 38.5 Å². The van der Waals surface area contributed by atoms with Gasteiger partial charge in [0, 0.05) is 25.7 Å². The minimum Gasteiger partial charge on any atom is -0.376 e. The SMILES string of the molecule is CCCCCN(CC(CN)OCC)C(C)C. The molecule has 0 rings (SSSR count). The standard InChI is InChI=1S/C13H30N2O/c1-5-7-8-9-15(12(3)4)11-13(10-14)16-6-2/h12-13H,5-11,14H2,1-4H3. The van der Waals surface area contributed by atoms with Gasteiger partial charge in [-0.1, -0.05) is 19.8 Å². The summed E-state index contributed by atoms with van der Waals surface area (Å²) in [7, 11) is 0. The third-order valence-electron chi connectivity index (χ3n) is 2.88. The Morgan fingerprint density at radius 2 is 1.88 bits per heavy atom. The van der Waals surface area contributed by atoms with Crippen molar-refractivity contribution in [2.45, 2.75) is 59.1 Å². The van der Waals surface area contributed by atoms with E-state index in [1.165, 1.54) is 19.3 Å². The van der Waals surface area contributed by atoms with E-state index in [2.05, 4.69) is 25.7 Å². The van der Waals surface area contributed by atoms with Gasteiger partial charge in [0.2, 0.25) is 0 Å². The number of nitrogens with zero attached hydrogens (tertiary/aromatic N) is 1. The van der Waals surface area contributed by atoms with Crippen LogP contribution in [0.2, 0.25) is 0 Å². The normalized spacial score (nSPS) is 13.7. The fourth-order valence-corrected chi connectivity index (χ4v) is 1.82. The first-order chi connectivity index (χ1) is 7.65. The molecule has 0 bridgehead atoms. The van der Waals surface area contributed by atoms with Crippen LogP contribution in [0.5, 0.6) is 0 Å². The van der Waals surface area contributed by atoms with Gasteiger partial charge in [-0.25, -0.2) is 0 Å². The summed E-state index contributed by atoms with van der Waals surface area (Å²) in [6, 6.07) is 0.575. The molecule has 1 unspecified atom stereocenters. The van der Waals surface area contributed by atoms with Crippen LogP contribution >= 0.6 is 0 Å². The maximum Gasteiger partial charge on any atom is 0.0823 e. The van der Waals surface area contributed by atoms with Crippen LogP contribution in [-0.4, -0.2) is 43.3 Å². The summed E-state index contributed by atoms with van der Waals surface area (Å²) >= 11 is 0. The molecule has 16 heavy (non-hydrogen) atoms. The highest BCUT2D eigenvalue weighted by molar-refractivity contribution is 4.70. The van der Waals surface area contributed by atoms with Crippen LogP contribution in [0.15, 0.2) is 0 Å². The predicted molar refractivity (Wildman–Crippen MR) is 70.7 cm³/mol. The van der Waals surface area contributed by atoms with Gasteiger partial charge in [-0.15, -0.1) is 0 Å². The van der Waals surface area contributed by atoms with Crippen molar-refractivity contribution in [2.24, 2.45) is 5.73 Å². The lowest BCUT2D eigenvalue weighted by Gasteiger charge is -2.30. The molecule has 0 aromatic carbocycles. The molecule has 0 saturated heterocycles. The highest BCUT2D eigenvalue weighted by Crippen LogP contribution is 2.05. The molecule has 0 aromatic rings. The van der Waals surface area contributed by atoms with Crippen molar-refractivity contribution in [2.75, 3.05) is 26.2 Å². The molecule has 3 nitrogen and oxygen atoms in total. The Morgan fingerprint density at radius 3 is 2.31 bits per heavy atom. The maximum atomic E-state index is 5.71. The Morgan fingerprint density at radius 1 is 1.19 bits per heavy atom. The second kappa shape index (κ2) is 10.1. The quantitative estimate of drug-likeness (QED) is 0.585. The first-order valence-electron chi connectivity index (χ1n) is 6.71. The number of unbranched alkanes of at least 4 members (excludes halogenated alkanes) is 2. The lowest BCUT2D eigenvalue weighted by molar-refractivity contribution is 0.0308. The summed E-state index contributed by atoms with van der Waals surface area (Å²) in [4.78, 5) is 2.48. The number of nitrogens with two attached hydrogens (primary N) is 1. The molecule has 0 aliphatic heterocycles. The molecular weight excluding hydrogens is 200 g/mol. The molecular formula is C13H30N2O. The summed E-state index contributed by atoms with van der Waals surface area (Å²) in [6.07, 6.45) is 4.05. The summed E-state index contributed by atoms with van der Waals surface area (Å²) in [6.45, 7) is 12.2. The van der Waals surface area contributed by atoms with E-state index in [-0.39, 0.29) is 6.10 Å². The molecule has 0 amide bonds. The fraction of sp³-hybridized carbons (Fsp3) is 1.00. The zero-order valence-electron chi connectivity index (χ0n) is 11.5. The minimum absolute atomic E-state index is 0.189. The second-order valence-corrected chi connectivity index (χ2v) is 4.61. The molecule has 0 saturated carbocycles. The monoisotopic (exact) mass is 230 g/mol. The summed E-state index contributed by atoms with van der Waals surface area (Å²) in [5.41, 5.74) is 5.71. The summed E-state index contributed by atoms with van der Waals surface area (Å²) < 4.78 is 5.61. The number of hydrogen-bond donors (Lipinski definition) is 1. The van der Waals surface area contributed by atoms with Crippen molar-refractivity contribution in [3.63, 3.8) is 0 Å². The Labute approximate surface area is 101 Å². The minimum atomic E-state index is 0.189. The van der Waals surface area contributed by atoms with Crippen molar-refractivity contribution >= 4 is 0 Å². The van der Waals surface area contributed by atoms with Crippen LogP contribution in [0, 0.1) is 0 Å². The van der Waals surface area contributed by atoms with Crippen LogP contribution in [0.1, 0.15) is 47.0 Å². The van der Waals surface area contributed by atoms with Gasteiger partial charge in [-0.05, 0) is 33.7 Å². The van der Waals surface area contributed by atoms with Gasteiger partial charge in [-0.2, -0.15) is 0 Å². The van der Waals surface area contributed by atoms with E-state index in [0.29, 0.717) is 12.6 Å². The van der Waals surface area contributed by atoms with Crippen LogP contribution in [0.4, 0.5) is 0 Å². The lowest BCUT2D eigenvalue weighted by atomic mass is 10.2. The Balaban J connectivity index is 3.98. The van der Waals surface area contributed by atoms with Crippen LogP contribution < -0.4 is 5.73 Å². The Kier molecular flexibility index (Phi) is 9.99. The van der Waals surface area contributed by atoms with Gasteiger partial charge in [-0.3, -0.25) is 4.90 Å². The molecule has 0 fully saturated rings. The van der Waals surface area contributed by atoms with E-state index >= 15 is 0 Å². The van der Waals surface area contributed by atoms with E-state index in [1.807, 2.05) is 6.92 Å². The van der Waals surface area contributed by atoms with E-state index < -0.39 is 0 Å². The lowest BCUT2D eigenvalue weighted by Crippen LogP contribution is -2.42. The van der Waals surface area contributed by atoms with Crippen molar-refractivity contribution < 1.29 is 4.74 Å². The van der Waals surface area contributed by atoms with Gasteiger partial charge in [0.25, 0.3) is 0 Å². The first kappa shape index (κ1) is 15.9. The third-order valence-corrected chi connectivity index (χ3v) is 2.88.